The summed E-state index contributed by atoms with van der Waals surface area (Å²) in [4.78, 5) is 16.3. The Morgan fingerprint density at radius 1 is 1.28 bits per heavy atom. The largest absolute Gasteiger partial charge is 0.493 e. The Morgan fingerprint density at radius 3 is 3.06 bits per heavy atom. The van der Waals surface area contributed by atoms with E-state index >= 15 is 0 Å². The molecule has 2 N–H and O–H groups in total. The van der Waals surface area contributed by atoms with Crippen LogP contribution in [0.2, 0.25) is 0 Å². The molecule has 1 atom stereocenters. The highest BCUT2D eigenvalue weighted by Gasteiger charge is 2.28. The highest BCUT2D eigenvalue weighted by Crippen LogP contribution is 2.33. The lowest BCUT2D eigenvalue weighted by atomic mass is 9.97. The number of hydrogen-bond donors (Lipinski definition) is 2. The fourth-order valence-corrected chi connectivity index (χ4v) is 4.75. The third-order valence-corrected chi connectivity index (χ3v) is 6.37. The van der Waals surface area contributed by atoms with Gasteiger partial charge in [-0.25, -0.2) is 4.98 Å². The number of anilines is 1. The predicted molar refractivity (Wildman–Crippen MR) is 119 cm³/mol. The van der Waals surface area contributed by atoms with E-state index in [1.165, 1.54) is 6.26 Å². The van der Waals surface area contributed by atoms with E-state index in [4.69, 9.17) is 18.9 Å². The second-order valence-electron chi connectivity index (χ2n) is 7.49. The summed E-state index contributed by atoms with van der Waals surface area (Å²) in [5, 5.41) is 15.9. The number of pyridine rings is 1. The van der Waals surface area contributed by atoms with Crippen molar-refractivity contribution in [3.8, 4) is 11.5 Å². The Balaban J connectivity index is 1.23. The minimum Gasteiger partial charge on any atom is -0.493 e. The summed E-state index contributed by atoms with van der Waals surface area (Å²) >= 11 is 1.57. The van der Waals surface area contributed by atoms with E-state index < -0.39 is 11.9 Å². The molecule has 4 heterocycles. The Labute approximate surface area is 188 Å². The first-order valence-electron chi connectivity index (χ1n) is 10.3. The molecule has 0 spiro atoms. The summed E-state index contributed by atoms with van der Waals surface area (Å²) in [6.45, 7) is 1.98. The number of carboxylic acids is 1. The monoisotopic (exact) mass is 454 g/mol. The quantitative estimate of drug-likeness (QED) is 0.530. The number of carboxylic acid groups (broad SMARTS) is 1. The van der Waals surface area contributed by atoms with Crippen molar-refractivity contribution in [2.24, 2.45) is 5.92 Å². The number of benzene rings is 1. The average molecular weight is 455 g/mol. The molecule has 0 fully saturated rings. The van der Waals surface area contributed by atoms with E-state index in [1.807, 2.05) is 35.7 Å². The van der Waals surface area contributed by atoms with Gasteiger partial charge in [0.25, 0.3) is 0 Å². The molecule has 1 aromatic carbocycles. The standard InChI is InChI=1S/C23H22N2O6S/c26-23(27)18(20-11-28-13-31-20)9-14-12-32-21-10-16(2-3-17(14)21)29-7-5-15-1-4-19-22(25-15)24-6-8-30-19/h1-4,10-12,18H,5-9,13H2,(H,24,25)(H,26,27). The van der Waals surface area contributed by atoms with Gasteiger partial charge >= 0.3 is 5.97 Å². The van der Waals surface area contributed by atoms with Gasteiger partial charge in [0.05, 0.1) is 13.2 Å². The van der Waals surface area contributed by atoms with Crippen LogP contribution < -0.4 is 14.8 Å². The van der Waals surface area contributed by atoms with Gasteiger partial charge in [-0.15, -0.1) is 11.3 Å². The molecule has 9 heteroatoms. The van der Waals surface area contributed by atoms with Crippen molar-refractivity contribution in [2.75, 3.05) is 31.9 Å². The van der Waals surface area contributed by atoms with Crippen molar-refractivity contribution in [1.29, 1.82) is 0 Å². The lowest BCUT2D eigenvalue weighted by Crippen LogP contribution is -2.19. The summed E-state index contributed by atoms with van der Waals surface area (Å²) in [6.07, 6.45) is 2.41. The van der Waals surface area contributed by atoms with E-state index in [2.05, 4.69) is 10.3 Å². The zero-order chi connectivity index (χ0) is 21.9. The summed E-state index contributed by atoms with van der Waals surface area (Å²) < 4.78 is 22.9. The lowest BCUT2D eigenvalue weighted by molar-refractivity contribution is -0.141. The smallest absolute Gasteiger partial charge is 0.314 e. The molecule has 2 aromatic heterocycles. The molecule has 0 aliphatic carbocycles. The summed E-state index contributed by atoms with van der Waals surface area (Å²) in [7, 11) is 0. The number of aliphatic carboxylic acids is 1. The van der Waals surface area contributed by atoms with Crippen LogP contribution in [0.15, 0.2) is 47.7 Å². The van der Waals surface area contributed by atoms with Gasteiger partial charge in [-0.1, -0.05) is 0 Å². The molecule has 2 aliphatic rings. The molecular weight excluding hydrogens is 432 g/mol. The van der Waals surface area contributed by atoms with Gasteiger partial charge in [-0.05, 0) is 53.1 Å². The first-order valence-corrected chi connectivity index (χ1v) is 11.2. The van der Waals surface area contributed by atoms with Crippen LogP contribution in [0.5, 0.6) is 11.5 Å². The minimum absolute atomic E-state index is 0.0649. The van der Waals surface area contributed by atoms with Gasteiger partial charge in [0.15, 0.2) is 11.6 Å². The molecule has 0 saturated heterocycles. The van der Waals surface area contributed by atoms with Crippen LogP contribution in [0.4, 0.5) is 5.82 Å². The number of carbonyl (C=O) groups is 1. The van der Waals surface area contributed by atoms with Crippen molar-refractivity contribution in [3.05, 3.63) is 59.0 Å². The molecule has 5 rings (SSSR count). The maximum atomic E-state index is 11.7. The molecule has 0 radical (unpaired) electrons. The Kier molecular flexibility index (Phi) is 5.72. The van der Waals surface area contributed by atoms with Crippen molar-refractivity contribution in [2.45, 2.75) is 12.8 Å². The maximum absolute atomic E-state index is 11.7. The Bertz CT molecular complexity index is 1170. The number of nitrogens with zero attached hydrogens (tertiary/aromatic N) is 1. The molecule has 0 bridgehead atoms. The van der Waals surface area contributed by atoms with E-state index in [0.717, 1.165) is 45.2 Å². The third kappa shape index (κ3) is 4.29. The topological polar surface area (TPSA) is 99.1 Å². The van der Waals surface area contributed by atoms with Crippen molar-refractivity contribution < 1.29 is 28.8 Å². The number of fused-ring (bicyclic) bond motifs is 2. The van der Waals surface area contributed by atoms with Gasteiger partial charge in [0.1, 0.15) is 30.3 Å². The normalized spacial score (nSPS) is 15.6. The van der Waals surface area contributed by atoms with Gasteiger partial charge in [0.2, 0.25) is 6.79 Å². The molecular formula is C23H22N2O6S. The predicted octanol–water partition coefficient (Wildman–Crippen LogP) is 3.81. The molecule has 32 heavy (non-hydrogen) atoms. The maximum Gasteiger partial charge on any atom is 0.314 e. The Hall–Kier alpha value is -3.46. The van der Waals surface area contributed by atoms with Gasteiger partial charge in [-0.3, -0.25) is 4.79 Å². The van der Waals surface area contributed by atoms with Crippen LogP contribution in [-0.2, 0) is 27.1 Å². The van der Waals surface area contributed by atoms with Crippen LogP contribution >= 0.6 is 11.3 Å². The van der Waals surface area contributed by atoms with E-state index in [1.54, 1.807) is 11.3 Å². The molecule has 1 unspecified atom stereocenters. The number of ether oxygens (including phenoxy) is 4. The highest BCUT2D eigenvalue weighted by atomic mass is 32.1. The van der Waals surface area contributed by atoms with Crippen molar-refractivity contribution in [3.63, 3.8) is 0 Å². The zero-order valence-electron chi connectivity index (χ0n) is 17.2. The number of aromatic nitrogens is 1. The second kappa shape index (κ2) is 8.96. The number of rotatable bonds is 8. The second-order valence-corrected chi connectivity index (χ2v) is 8.40. The number of hydrogen-bond acceptors (Lipinski definition) is 8. The van der Waals surface area contributed by atoms with Crippen molar-refractivity contribution >= 4 is 33.2 Å². The van der Waals surface area contributed by atoms with E-state index in [-0.39, 0.29) is 6.79 Å². The SMILES string of the molecule is O=C(O)C(Cc1csc2cc(OCCc3ccc4c(n3)NCCO4)ccc12)C1=COCO1. The zero-order valence-corrected chi connectivity index (χ0v) is 18.0. The molecule has 8 nitrogen and oxygen atoms in total. The summed E-state index contributed by atoms with van der Waals surface area (Å²) in [5.74, 6) is 0.998. The molecule has 0 saturated carbocycles. The fourth-order valence-electron chi connectivity index (χ4n) is 3.75. The molecule has 0 amide bonds. The fraction of sp³-hybridized carbons (Fsp3) is 0.304. The summed E-state index contributed by atoms with van der Waals surface area (Å²) in [5.41, 5.74) is 1.90. The summed E-state index contributed by atoms with van der Waals surface area (Å²) in [6, 6.07) is 9.78. The van der Waals surface area contributed by atoms with Crippen LogP contribution in [0.25, 0.3) is 10.1 Å². The Morgan fingerprint density at radius 2 is 2.22 bits per heavy atom. The molecule has 166 valence electrons. The first kappa shape index (κ1) is 20.4. The number of thiophene rings is 1. The highest BCUT2D eigenvalue weighted by molar-refractivity contribution is 7.17. The van der Waals surface area contributed by atoms with E-state index in [9.17, 15) is 9.90 Å². The molecule has 3 aromatic rings. The van der Waals surface area contributed by atoms with Gasteiger partial charge in [-0.2, -0.15) is 0 Å². The third-order valence-electron chi connectivity index (χ3n) is 5.38. The van der Waals surface area contributed by atoms with Gasteiger partial charge in [0, 0.05) is 16.8 Å². The first-order chi connectivity index (χ1) is 15.7. The van der Waals surface area contributed by atoms with Crippen molar-refractivity contribution in [1.82, 2.24) is 4.98 Å². The van der Waals surface area contributed by atoms with Crippen LogP contribution in [0, 0.1) is 5.92 Å². The van der Waals surface area contributed by atoms with Crippen LogP contribution in [0.1, 0.15) is 11.3 Å². The van der Waals surface area contributed by atoms with Crippen LogP contribution in [-0.4, -0.2) is 42.6 Å². The average Bonchev–Trinajstić information content (AvgIpc) is 3.47. The van der Waals surface area contributed by atoms with E-state index in [0.29, 0.717) is 31.8 Å². The van der Waals surface area contributed by atoms with Crippen LogP contribution in [0.3, 0.4) is 0 Å². The van der Waals surface area contributed by atoms with Gasteiger partial charge < -0.3 is 29.4 Å². The lowest BCUT2D eigenvalue weighted by Gasteiger charge is -2.18. The molecule has 2 aliphatic heterocycles. The number of nitrogens with one attached hydrogen (secondary N) is 1. The minimum atomic E-state index is -0.932.